The number of halogens is 3. The third-order valence-corrected chi connectivity index (χ3v) is 5.79. The number of hydrogen-bond donors (Lipinski definition) is 1. The van der Waals surface area contributed by atoms with Crippen molar-refractivity contribution in [2.24, 2.45) is 13.0 Å². The van der Waals surface area contributed by atoms with E-state index in [0.29, 0.717) is 16.1 Å². The summed E-state index contributed by atoms with van der Waals surface area (Å²) in [4.78, 5) is 43.9. The summed E-state index contributed by atoms with van der Waals surface area (Å²) in [6.45, 7) is 0.363. The molecule has 0 aliphatic carbocycles. The molecule has 1 aliphatic heterocycles. The van der Waals surface area contributed by atoms with Crippen molar-refractivity contribution in [1.29, 1.82) is 0 Å². The Bertz CT molecular complexity index is 1280. The van der Waals surface area contributed by atoms with Gasteiger partial charge in [-0.1, -0.05) is 12.1 Å². The SMILES string of the molecule is Cc1c(CN2C(=O)C(C(=O)O)CN(c3ccc4c(c3)ncn4C)C2=O)cccc1C(F)(F)F. The molecule has 3 amide bonds. The second-order valence-corrected chi connectivity index (χ2v) is 7.82. The minimum atomic E-state index is -4.61. The molecule has 3 aromatic rings. The van der Waals surface area contributed by atoms with Crippen LogP contribution in [0.1, 0.15) is 16.7 Å². The summed E-state index contributed by atoms with van der Waals surface area (Å²) in [6.07, 6.45) is -3.03. The van der Waals surface area contributed by atoms with E-state index in [1.54, 1.807) is 36.1 Å². The van der Waals surface area contributed by atoms with Gasteiger partial charge in [-0.3, -0.25) is 19.4 Å². The Hall–Kier alpha value is -3.89. The van der Waals surface area contributed by atoms with E-state index in [2.05, 4.69) is 4.98 Å². The molecule has 8 nitrogen and oxygen atoms in total. The number of imidazole rings is 1. The summed E-state index contributed by atoms with van der Waals surface area (Å²) in [5, 5.41) is 9.57. The number of aliphatic carboxylic acids is 1. The Kier molecular flexibility index (Phi) is 5.35. The summed E-state index contributed by atoms with van der Waals surface area (Å²) < 4.78 is 41.7. The van der Waals surface area contributed by atoms with E-state index in [-0.39, 0.29) is 11.1 Å². The number of carbonyl (C=O) groups is 3. The first-order valence-corrected chi connectivity index (χ1v) is 9.91. The van der Waals surface area contributed by atoms with Gasteiger partial charge in [-0.2, -0.15) is 13.2 Å². The molecule has 11 heteroatoms. The number of urea groups is 1. The Morgan fingerprint density at radius 2 is 1.94 bits per heavy atom. The number of rotatable bonds is 4. The molecule has 1 atom stereocenters. The second-order valence-electron chi connectivity index (χ2n) is 7.82. The molecule has 1 saturated heterocycles. The summed E-state index contributed by atoms with van der Waals surface area (Å²) in [5.74, 6) is -3.96. The zero-order valence-electron chi connectivity index (χ0n) is 17.6. The highest BCUT2D eigenvalue weighted by Crippen LogP contribution is 2.34. The number of hydrogen-bond acceptors (Lipinski definition) is 4. The zero-order chi connectivity index (χ0) is 24.1. The predicted octanol–water partition coefficient (Wildman–Crippen LogP) is 3.57. The van der Waals surface area contributed by atoms with Gasteiger partial charge in [0.15, 0.2) is 5.92 Å². The van der Waals surface area contributed by atoms with Crippen molar-refractivity contribution in [1.82, 2.24) is 14.5 Å². The molecule has 0 saturated carbocycles. The van der Waals surface area contributed by atoms with Crippen molar-refractivity contribution >= 4 is 34.6 Å². The molecular weight excluding hydrogens is 441 g/mol. The molecule has 1 fully saturated rings. The molecule has 172 valence electrons. The molecule has 1 aliphatic rings. The molecule has 2 aromatic carbocycles. The highest BCUT2D eigenvalue weighted by molar-refractivity contribution is 6.12. The Morgan fingerprint density at radius 3 is 2.61 bits per heavy atom. The van der Waals surface area contributed by atoms with Crippen LogP contribution in [0, 0.1) is 12.8 Å². The number of imide groups is 1. The fraction of sp³-hybridized carbons (Fsp3) is 0.273. The van der Waals surface area contributed by atoms with Crippen molar-refractivity contribution in [2.75, 3.05) is 11.4 Å². The van der Waals surface area contributed by atoms with Crippen molar-refractivity contribution in [3.05, 3.63) is 59.4 Å². The van der Waals surface area contributed by atoms with Crippen LogP contribution in [0.4, 0.5) is 23.7 Å². The lowest BCUT2D eigenvalue weighted by molar-refractivity contribution is -0.150. The molecular formula is C22H19F3N4O4. The van der Waals surface area contributed by atoms with E-state index in [0.717, 1.165) is 16.5 Å². The van der Waals surface area contributed by atoms with Crippen LogP contribution in [0.15, 0.2) is 42.7 Å². The van der Waals surface area contributed by atoms with E-state index in [1.165, 1.54) is 19.1 Å². The quantitative estimate of drug-likeness (QED) is 0.601. The zero-order valence-corrected chi connectivity index (χ0v) is 17.6. The van der Waals surface area contributed by atoms with Gasteiger partial charge in [0.25, 0.3) is 0 Å². The second kappa shape index (κ2) is 7.91. The van der Waals surface area contributed by atoms with E-state index < -0.39 is 48.7 Å². The third kappa shape index (κ3) is 3.90. The van der Waals surface area contributed by atoms with Crippen LogP contribution >= 0.6 is 0 Å². The lowest BCUT2D eigenvalue weighted by Crippen LogP contribution is -2.58. The van der Waals surface area contributed by atoms with E-state index in [9.17, 15) is 32.7 Å². The highest BCUT2D eigenvalue weighted by Gasteiger charge is 2.44. The van der Waals surface area contributed by atoms with Gasteiger partial charge in [0.2, 0.25) is 5.91 Å². The summed E-state index contributed by atoms with van der Waals surface area (Å²) in [7, 11) is 1.79. The first-order chi connectivity index (χ1) is 15.5. The van der Waals surface area contributed by atoms with Gasteiger partial charge in [-0.15, -0.1) is 0 Å². The molecule has 1 aromatic heterocycles. The maximum absolute atomic E-state index is 13.3. The van der Waals surface area contributed by atoms with Crippen LogP contribution in [0.3, 0.4) is 0 Å². The van der Waals surface area contributed by atoms with Gasteiger partial charge in [0.05, 0.1) is 29.5 Å². The third-order valence-electron chi connectivity index (χ3n) is 5.79. The number of benzene rings is 2. The van der Waals surface area contributed by atoms with E-state index in [4.69, 9.17) is 0 Å². The highest BCUT2D eigenvalue weighted by atomic mass is 19.4. The lowest BCUT2D eigenvalue weighted by atomic mass is 9.99. The van der Waals surface area contributed by atoms with Crippen LogP contribution in [-0.4, -0.2) is 44.0 Å². The number of carboxylic acid groups (broad SMARTS) is 1. The van der Waals surface area contributed by atoms with Gasteiger partial charge >= 0.3 is 18.2 Å². The van der Waals surface area contributed by atoms with Gasteiger partial charge < -0.3 is 9.67 Å². The van der Waals surface area contributed by atoms with Crippen LogP contribution in [0.25, 0.3) is 11.0 Å². The van der Waals surface area contributed by atoms with E-state index >= 15 is 0 Å². The molecule has 33 heavy (non-hydrogen) atoms. The lowest BCUT2D eigenvalue weighted by Gasteiger charge is -2.37. The fourth-order valence-corrected chi connectivity index (χ4v) is 3.94. The Labute approximate surface area is 185 Å². The van der Waals surface area contributed by atoms with Crippen molar-refractivity contribution in [3.8, 4) is 0 Å². The number of aromatic nitrogens is 2. The first-order valence-electron chi connectivity index (χ1n) is 9.91. The summed E-state index contributed by atoms with van der Waals surface area (Å²) in [6, 6.07) is 7.56. The molecule has 0 radical (unpaired) electrons. The molecule has 1 unspecified atom stereocenters. The number of nitrogens with zero attached hydrogens (tertiary/aromatic N) is 4. The Morgan fingerprint density at radius 1 is 1.21 bits per heavy atom. The molecule has 4 rings (SSSR count). The van der Waals surface area contributed by atoms with Crippen molar-refractivity contribution in [2.45, 2.75) is 19.6 Å². The fourth-order valence-electron chi connectivity index (χ4n) is 3.94. The molecule has 0 spiro atoms. The van der Waals surface area contributed by atoms with Gasteiger partial charge in [0, 0.05) is 19.3 Å². The molecule has 2 heterocycles. The minimum absolute atomic E-state index is 0.0951. The summed E-state index contributed by atoms with van der Waals surface area (Å²) >= 11 is 0. The molecule has 0 bridgehead atoms. The number of amides is 3. The van der Waals surface area contributed by atoms with Crippen LogP contribution in [-0.2, 0) is 29.4 Å². The number of aryl methyl sites for hydroxylation is 1. The minimum Gasteiger partial charge on any atom is -0.481 e. The smallest absolute Gasteiger partial charge is 0.416 e. The van der Waals surface area contributed by atoms with Crippen LogP contribution in [0.2, 0.25) is 0 Å². The van der Waals surface area contributed by atoms with Gasteiger partial charge in [0.1, 0.15) is 0 Å². The average Bonchev–Trinajstić information content (AvgIpc) is 3.11. The normalized spacial score (nSPS) is 17.2. The average molecular weight is 460 g/mol. The Balaban J connectivity index is 1.73. The standard InChI is InChI=1S/C22H19F3N4O4/c1-12-13(4-3-5-16(12)22(23,24)25)9-29-19(30)15(20(31)32)10-28(21(29)33)14-6-7-18-17(8-14)26-11-27(18)2/h3-8,11,15H,9-10H2,1-2H3,(H,31,32). The summed E-state index contributed by atoms with van der Waals surface area (Å²) in [5.41, 5.74) is 0.749. The number of carbonyl (C=O) groups excluding carboxylic acids is 2. The topological polar surface area (TPSA) is 95.7 Å². The number of fused-ring (bicyclic) bond motifs is 1. The first kappa shape index (κ1) is 22.3. The van der Waals surface area contributed by atoms with Crippen molar-refractivity contribution in [3.63, 3.8) is 0 Å². The van der Waals surface area contributed by atoms with Crippen molar-refractivity contribution < 1.29 is 32.7 Å². The number of carboxylic acids is 1. The van der Waals surface area contributed by atoms with Gasteiger partial charge in [-0.25, -0.2) is 9.78 Å². The largest absolute Gasteiger partial charge is 0.481 e. The molecule has 1 N–H and O–H groups in total. The van der Waals surface area contributed by atoms with Gasteiger partial charge in [-0.05, 0) is 42.3 Å². The monoisotopic (exact) mass is 460 g/mol. The van der Waals surface area contributed by atoms with E-state index in [1.807, 2.05) is 0 Å². The predicted molar refractivity (Wildman–Crippen MR) is 111 cm³/mol. The maximum atomic E-state index is 13.3. The van der Waals surface area contributed by atoms with Crippen LogP contribution < -0.4 is 4.90 Å². The number of anilines is 1. The number of alkyl halides is 3. The maximum Gasteiger partial charge on any atom is 0.416 e. The van der Waals surface area contributed by atoms with Crippen LogP contribution in [0.5, 0.6) is 0 Å².